The Kier molecular flexibility index (Phi) is 5.99. The van der Waals surface area contributed by atoms with Gasteiger partial charge in [-0.2, -0.15) is 0 Å². The van der Waals surface area contributed by atoms with E-state index in [1.807, 2.05) is 6.07 Å². The molecule has 1 aromatic heterocycles. The van der Waals surface area contributed by atoms with E-state index in [9.17, 15) is 14.4 Å². The summed E-state index contributed by atoms with van der Waals surface area (Å²) in [5.41, 5.74) is 0.998. The first kappa shape index (κ1) is 16.8. The third kappa shape index (κ3) is 5.63. The Morgan fingerprint density at radius 1 is 1.09 bits per heavy atom. The number of nitrogens with zero attached hydrogens (tertiary/aromatic N) is 1. The van der Waals surface area contributed by atoms with Crippen LogP contribution in [0, 0.1) is 0 Å². The molecule has 6 nitrogen and oxygen atoms in total. The number of ether oxygens (including phenoxy) is 1. The maximum Gasteiger partial charge on any atom is 0.340 e. The Bertz CT molecular complexity index is 719. The van der Waals surface area contributed by atoms with Crippen molar-refractivity contribution in [1.82, 2.24) is 10.3 Å². The number of carbonyl (C=O) groups is 3. The van der Waals surface area contributed by atoms with Crippen LogP contribution in [-0.2, 0) is 20.7 Å². The molecule has 0 unspecified atom stereocenters. The van der Waals surface area contributed by atoms with Crippen molar-refractivity contribution in [2.24, 2.45) is 0 Å². The molecule has 0 atom stereocenters. The highest BCUT2D eigenvalue weighted by Crippen LogP contribution is 2.10. The number of rotatable bonds is 5. The SMILES string of the molecule is O=C(COC(=O)c1cncc(Br)c1)NC(=O)Cc1ccccc1. The number of hydrogen-bond donors (Lipinski definition) is 1. The zero-order valence-corrected chi connectivity index (χ0v) is 13.6. The average Bonchev–Trinajstić information content (AvgIpc) is 2.53. The van der Waals surface area contributed by atoms with Crippen LogP contribution < -0.4 is 5.32 Å². The predicted octanol–water partition coefficient (Wildman–Crippen LogP) is 1.89. The number of imide groups is 1. The highest BCUT2D eigenvalue weighted by Gasteiger charge is 2.13. The van der Waals surface area contributed by atoms with Gasteiger partial charge in [-0.1, -0.05) is 30.3 Å². The van der Waals surface area contributed by atoms with E-state index in [1.54, 1.807) is 24.3 Å². The second-order valence-electron chi connectivity index (χ2n) is 4.60. The van der Waals surface area contributed by atoms with E-state index in [-0.39, 0.29) is 12.0 Å². The molecule has 0 aliphatic rings. The van der Waals surface area contributed by atoms with Crippen molar-refractivity contribution in [3.8, 4) is 0 Å². The molecule has 118 valence electrons. The normalized spacial score (nSPS) is 9.96. The fraction of sp³-hybridized carbons (Fsp3) is 0.125. The minimum atomic E-state index is -0.690. The number of amides is 2. The Labute approximate surface area is 141 Å². The van der Waals surface area contributed by atoms with E-state index in [2.05, 4.69) is 26.2 Å². The highest BCUT2D eigenvalue weighted by molar-refractivity contribution is 9.10. The van der Waals surface area contributed by atoms with Gasteiger partial charge >= 0.3 is 5.97 Å². The van der Waals surface area contributed by atoms with Crippen molar-refractivity contribution in [3.05, 3.63) is 64.4 Å². The minimum Gasteiger partial charge on any atom is -0.452 e. The van der Waals surface area contributed by atoms with Crippen LogP contribution in [0.5, 0.6) is 0 Å². The van der Waals surface area contributed by atoms with Gasteiger partial charge in [0.05, 0.1) is 12.0 Å². The molecule has 0 saturated heterocycles. The van der Waals surface area contributed by atoms with Gasteiger partial charge in [-0.25, -0.2) is 4.79 Å². The molecule has 0 bridgehead atoms. The molecular weight excluding hydrogens is 364 g/mol. The lowest BCUT2D eigenvalue weighted by molar-refractivity contribution is -0.132. The van der Waals surface area contributed by atoms with Crippen LogP contribution in [0.25, 0.3) is 0 Å². The summed E-state index contributed by atoms with van der Waals surface area (Å²) in [7, 11) is 0. The molecule has 1 N–H and O–H groups in total. The third-order valence-electron chi connectivity index (χ3n) is 2.76. The zero-order chi connectivity index (χ0) is 16.7. The van der Waals surface area contributed by atoms with Crippen molar-refractivity contribution >= 4 is 33.7 Å². The molecular formula is C16H13BrN2O4. The molecule has 0 aliphatic heterocycles. The van der Waals surface area contributed by atoms with E-state index in [4.69, 9.17) is 4.74 Å². The molecule has 0 spiro atoms. The summed E-state index contributed by atoms with van der Waals surface area (Å²) in [5, 5.41) is 2.17. The first-order chi connectivity index (χ1) is 11.0. The fourth-order valence-electron chi connectivity index (χ4n) is 1.75. The summed E-state index contributed by atoms with van der Waals surface area (Å²) < 4.78 is 5.45. The molecule has 2 amide bonds. The lowest BCUT2D eigenvalue weighted by atomic mass is 10.1. The van der Waals surface area contributed by atoms with Crippen LogP contribution in [0.3, 0.4) is 0 Å². The molecule has 2 rings (SSSR count). The quantitative estimate of drug-likeness (QED) is 0.805. The molecule has 0 radical (unpaired) electrons. The van der Waals surface area contributed by atoms with Crippen LogP contribution in [0.1, 0.15) is 15.9 Å². The molecule has 1 heterocycles. The van der Waals surface area contributed by atoms with Gasteiger partial charge in [0.25, 0.3) is 5.91 Å². The number of nitrogens with one attached hydrogen (secondary N) is 1. The van der Waals surface area contributed by atoms with Crippen LogP contribution in [0.15, 0.2) is 53.3 Å². The van der Waals surface area contributed by atoms with Crippen molar-refractivity contribution in [2.75, 3.05) is 6.61 Å². The van der Waals surface area contributed by atoms with Crippen LogP contribution >= 0.6 is 15.9 Å². The standard InChI is InChI=1S/C16H13BrN2O4/c17-13-7-12(8-18-9-13)16(22)23-10-15(21)19-14(20)6-11-4-2-1-3-5-11/h1-5,7-9H,6,10H2,(H,19,20,21). The number of aromatic nitrogens is 1. The van der Waals surface area contributed by atoms with Crippen LogP contribution in [0.4, 0.5) is 0 Å². The Morgan fingerprint density at radius 3 is 2.52 bits per heavy atom. The monoisotopic (exact) mass is 376 g/mol. The molecule has 7 heteroatoms. The Balaban J connectivity index is 1.78. The van der Waals surface area contributed by atoms with Gasteiger partial charge in [-0.05, 0) is 27.6 Å². The van der Waals surface area contributed by atoms with E-state index in [1.165, 1.54) is 18.5 Å². The second kappa shape index (κ2) is 8.19. The van der Waals surface area contributed by atoms with Gasteiger partial charge in [-0.3, -0.25) is 19.9 Å². The van der Waals surface area contributed by atoms with Gasteiger partial charge in [0.15, 0.2) is 6.61 Å². The number of halogens is 1. The maximum absolute atomic E-state index is 11.7. The summed E-state index contributed by atoms with van der Waals surface area (Å²) in [6.45, 7) is -0.536. The van der Waals surface area contributed by atoms with Gasteiger partial charge in [0, 0.05) is 16.9 Å². The molecule has 2 aromatic rings. The van der Waals surface area contributed by atoms with E-state index in [0.29, 0.717) is 4.47 Å². The van der Waals surface area contributed by atoms with E-state index in [0.717, 1.165) is 5.56 Å². The van der Waals surface area contributed by atoms with Crippen LogP contribution in [0.2, 0.25) is 0 Å². The summed E-state index contributed by atoms with van der Waals surface area (Å²) >= 11 is 3.18. The molecule has 0 fully saturated rings. The Hall–Kier alpha value is -2.54. The first-order valence-electron chi connectivity index (χ1n) is 6.69. The number of pyridine rings is 1. The van der Waals surface area contributed by atoms with Crippen molar-refractivity contribution in [1.29, 1.82) is 0 Å². The topological polar surface area (TPSA) is 85.4 Å². The second-order valence-corrected chi connectivity index (χ2v) is 5.52. The first-order valence-corrected chi connectivity index (χ1v) is 7.48. The molecule has 0 aliphatic carbocycles. The number of hydrogen-bond acceptors (Lipinski definition) is 5. The van der Waals surface area contributed by atoms with E-state index < -0.39 is 24.4 Å². The third-order valence-corrected chi connectivity index (χ3v) is 3.19. The van der Waals surface area contributed by atoms with Gasteiger partial charge in [0.2, 0.25) is 5.91 Å². The minimum absolute atomic E-state index is 0.0794. The van der Waals surface area contributed by atoms with Crippen LogP contribution in [-0.4, -0.2) is 29.4 Å². The average molecular weight is 377 g/mol. The van der Waals surface area contributed by atoms with Crippen molar-refractivity contribution in [2.45, 2.75) is 6.42 Å². The fourth-order valence-corrected chi connectivity index (χ4v) is 2.12. The van der Waals surface area contributed by atoms with Gasteiger partial charge in [-0.15, -0.1) is 0 Å². The molecule has 23 heavy (non-hydrogen) atoms. The predicted molar refractivity (Wildman–Crippen MR) is 85.5 cm³/mol. The molecule has 0 saturated carbocycles. The lowest BCUT2D eigenvalue weighted by Crippen LogP contribution is -2.35. The van der Waals surface area contributed by atoms with Gasteiger partial charge in [0.1, 0.15) is 0 Å². The summed E-state index contributed by atoms with van der Waals surface area (Å²) in [4.78, 5) is 38.9. The maximum atomic E-state index is 11.7. The number of esters is 1. The van der Waals surface area contributed by atoms with Crippen molar-refractivity contribution in [3.63, 3.8) is 0 Å². The zero-order valence-electron chi connectivity index (χ0n) is 12.0. The molecule has 1 aromatic carbocycles. The summed E-state index contributed by atoms with van der Waals surface area (Å²) in [6, 6.07) is 10.5. The summed E-state index contributed by atoms with van der Waals surface area (Å²) in [5.74, 6) is -1.83. The van der Waals surface area contributed by atoms with Crippen molar-refractivity contribution < 1.29 is 19.1 Å². The highest BCUT2D eigenvalue weighted by atomic mass is 79.9. The van der Waals surface area contributed by atoms with Gasteiger partial charge < -0.3 is 4.74 Å². The van der Waals surface area contributed by atoms with E-state index >= 15 is 0 Å². The smallest absolute Gasteiger partial charge is 0.340 e. The summed E-state index contributed by atoms with van der Waals surface area (Å²) in [6.07, 6.45) is 2.92. The number of benzene rings is 1. The lowest BCUT2D eigenvalue weighted by Gasteiger charge is -2.06. The number of carbonyl (C=O) groups excluding carboxylic acids is 3. The Morgan fingerprint density at radius 2 is 1.83 bits per heavy atom. The largest absolute Gasteiger partial charge is 0.452 e.